The molecule has 1 amide bonds. The number of H-pyrrole nitrogens is 1. The van der Waals surface area contributed by atoms with Crippen LogP contribution in [-0.4, -0.2) is 31.4 Å². The zero-order chi connectivity index (χ0) is 21.8. The summed E-state index contributed by atoms with van der Waals surface area (Å²) in [5.41, 5.74) is 2.39. The molecule has 0 unspecified atom stereocenters. The van der Waals surface area contributed by atoms with Crippen LogP contribution in [0.4, 0.5) is 5.69 Å². The summed E-state index contributed by atoms with van der Waals surface area (Å²) in [5, 5.41) is 3.67. The fourth-order valence-corrected chi connectivity index (χ4v) is 4.16. The van der Waals surface area contributed by atoms with Gasteiger partial charge in [0.15, 0.2) is 0 Å². The minimum atomic E-state index is -3.78. The summed E-state index contributed by atoms with van der Waals surface area (Å²) in [6.45, 7) is 0.257. The van der Waals surface area contributed by atoms with Crippen LogP contribution in [0.25, 0.3) is 10.9 Å². The highest BCUT2D eigenvalue weighted by atomic mass is 32.2. The maximum Gasteiger partial charge on any atom is 0.267 e. The Hall–Kier alpha value is -3.85. The number of nitrogens with one attached hydrogen (secondary N) is 3. The Morgan fingerprint density at radius 2 is 1.87 bits per heavy atom. The molecule has 0 aliphatic heterocycles. The first-order chi connectivity index (χ1) is 15.0. The van der Waals surface area contributed by atoms with Gasteiger partial charge in [-0.2, -0.15) is 0 Å². The van der Waals surface area contributed by atoms with E-state index in [1.807, 2.05) is 0 Å². The summed E-state index contributed by atoms with van der Waals surface area (Å²) in [7, 11) is -2.30. The van der Waals surface area contributed by atoms with Gasteiger partial charge in [0, 0.05) is 29.8 Å². The number of aromatic amines is 1. The summed E-state index contributed by atoms with van der Waals surface area (Å²) in [6, 6.07) is 16.6. The van der Waals surface area contributed by atoms with Crippen molar-refractivity contribution in [2.45, 2.75) is 11.4 Å². The number of sulfonamides is 1. The fraction of sp³-hybridized carbons (Fsp3) is 0.0909. The lowest BCUT2D eigenvalue weighted by molar-refractivity contribution is 0.0946. The van der Waals surface area contributed by atoms with Crippen molar-refractivity contribution in [2.24, 2.45) is 0 Å². The second kappa shape index (κ2) is 8.49. The first kappa shape index (κ1) is 20.4. The summed E-state index contributed by atoms with van der Waals surface area (Å²) >= 11 is 0. The molecule has 0 aliphatic carbocycles. The van der Waals surface area contributed by atoms with E-state index in [-0.39, 0.29) is 17.3 Å². The minimum absolute atomic E-state index is 0.108. The van der Waals surface area contributed by atoms with Crippen LogP contribution in [0.1, 0.15) is 16.1 Å². The number of fused-ring (bicyclic) bond motifs is 1. The van der Waals surface area contributed by atoms with Crippen LogP contribution in [0.3, 0.4) is 0 Å². The third-order valence-corrected chi connectivity index (χ3v) is 6.09. The number of aromatic nitrogens is 2. The van der Waals surface area contributed by atoms with E-state index in [9.17, 15) is 13.2 Å². The maximum atomic E-state index is 12.7. The molecule has 0 spiro atoms. The number of amides is 1. The molecule has 4 rings (SSSR count). The molecule has 2 aromatic heterocycles. The van der Waals surface area contributed by atoms with Gasteiger partial charge in [-0.1, -0.05) is 24.3 Å². The Kier molecular flexibility index (Phi) is 5.59. The quantitative estimate of drug-likeness (QED) is 0.411. The molecule has 0 saturated heterocycles. The lowest BCUT2D eigenvalue weighted by atomic mass is 10.2. The summed E-state index contributed by atoms with van der Waals surface area (Å²) in [6.07, 6.45) is 3.33. The molecule has 0 radical (unpaired) electrons. The van der Waals surface area contributed by atoms with Gasteiger partial charge in [0.05, 0.1) is 17.7 Å². The molecule has 8 nitrogen and oxygen atoms in total. The van der Waals surface area contributed by atoms with Gasteiger partial charge in [0.1, 0.15) is 11.4 Å². The van der Waals surface area contributed by atoms with Gasteiger partial charge in [-0.05, 0) is 42.0 Å². The molecule has 0 fully saturated rings. The number of carbonyl (C=O) groups is 1. The van der Waals surface area contributed by atoms with E-state index in [1.54, 1.807) is 60.9 Å². The van der Waals surface area contributed by atoms with Crippen molar-refractivity contribution < 1.29 is 17.9 Å². The largest absolute Gasteiger partial charge is 0.495 e. The summed E-state index contributed by atoms with van der Waals surface area (Å²) < 4.78 is 33.1. The van der Waals surface area contributed by atoms with E-state index in [1.165, 1.54) is 19.2 Å². The van der Waals surface area contributed by atoms with Gasteiger partial charge in [0.25, 0.3) is 15.9 Å². The predicted molar refractivity (Wildman–Crippen MR) is 118 cm³/mol. The van der Waals surface area contributed by atoms with E-state index in [0.29, 0.717) is 17.1 Å². The van der Waals surface area contributed by atoms with Crippen molar-refractivity contribution in [3.63, 3.8) is 0 Å². The molecule has 0 aliphatic rings. The third kappa shape index (κ3) is 4.51. The van der Waals surface area contributed by atoms with Crippen molar-refractivity contribution in [3.8, 4) is 5.75 Å². The first-order valence-electron chi connectivity index (χ1n) is 9.42. The Morgan fingerprint density at radius 1 is 1.10 bits per heavy atom. The lowest BCUT2D eigenvalue weighted by Crippen LogP contribution is -2.23. The molecule has 2 heterocycles. The Labute approximate surface area is 179 Å². The smallest absolute Gasteiger partial charge is 0.267 e. The molecule has 0 bridgehead atoms. The number of methoxy groups -OCH3 is 1. The molecule has 0 saturated carbocycles. The van der Waals surface area contributed by atoms with Crippen molar-refractivity contribution in [3.05, 3.63) is 84.3 Å². The molecule has 3 N–H and O–H groups in total. The van der Waals surface area contributed by atoms with Crippen LogP contribution in [0.2, 0.25) is 0 Å². The number of hydrogen-bond donors (Lipinski definition) is 3. The van der Waals surface area contributed by atoms with Gasteiger partial charge in [-0.15, -0.1) is 0 Å². The number of ether oxygens (including phenoxy) is 1. The van der Waals surface area contributed by atoms with Gasteiger partial charge < -0.3 is 15.0 Å². The number of nitrogens with zero attached hydrogens (tertiary/aromatic N) is 1. The van der Waals surface area contributed by atoms with Crippen LogP contribution in [0.15, 0.2) is 78.0 Å². The predicted octanol–water partition coefficient (Wildman–Crippen LogP) is 3.30. The average Bonchev–Trinajstić information content (AvgIpc) is 3.22. The summed E-state index contributed by atoms with van der Waals surface area (Å²) in [5.74, 6) is 0.170. The van der Waals surface area contributed by atoms with Gasteiger partial charge in [-0.3, -0.25) is 14.5 Å². The van der Waals surface area contributed by atoms with Crippen LogP contribution in [-0.2, 0) is 16.6 Å². The highest BCUT2D eigenvalue weighted by Crippen LogP contribution is 2.26. The van der Waals surface area contributed by atoms with E-state index in [4.69, 9.17) is 4.74 Å². The Balaban J connectivity index is 1.42. The second-order valence-electron chi connectivity index (χ2n) is 6.78. The number of hydrogen-bond acceptors (Lipinski definition) is 5. The van der Waals surface area contributed by atoms with E-state index in [0.717, 1.165) is 16.5 Å². The zero-order valence-electron chi connectivity index (χ0n) is 16.6. The standard InChI is InChI=1S/C22H20N4O4S/c1-30-21-5-3-2-4-19(21)26-31(28,29)17-8-6-15(7-9-17)13-24-22(27)20-12-16-14-23-11-10-18(16)25-20/h2-12,14,25-26H,13H2,1H3,(H,24,27). The molecular formula is C22H20N4O4S. The van der Waals surface area contributed by atoms with E-state index >= 15 is 0 Å². The number of anilines is 1. The second-order valence-corrected chi connectivity index (χ2v) is 8.46. The molecule has 9 heteroatoms. The third-order valence-electron chi connectivity index (χ3n) is 4.70. The number of carbonyl (C=O) groups excluding carboxylic acids is 1. The lowest BCUT2D eigenvalue weighted by Gasteiger charge is -2.12. The number of pyridine rings is 1. The topological polar surface area (TPSA) is 113 Å². The first-order valence-corrected chi connectivity index (χ1v) is 10.9. The molecular weight excluding hydrogens is 416 g/mol. The molecule has 158 valence electrons. The molecule has 2 aromatic carbocycles. The highest BCUT2D eigenvalue weighted by molar-refractivity contribution is 7.92. The van der Waals surface area contributed by atoms with Crippen molar-refractivity contribution in [1.82, 2.24) is 15.3 Å². The minimum Gasteiger partial charge on any atom is -0.495 e. The van der Waals surface area contributed by atoms with Crippen molar-refractivity contribution >= 4 is 32.5 Å². The van der Waals surface area contributed by atoms with Crippen molar-refractivity contribution in [1.29, 1.82) is 0 Å². The maximum absolute atomic E-state index is 12.7. The van der Waals surface area contributed by atoms with Crippen LogP contribution >= 0.6 is 0 Å². The Bertz CT molecular complexity index is 1300. The number of rotatable bonds is 7. The van der Waals surface area contributed by atoms with Crippen molar-refractivity contribution in [2.75, 3.05) is 11.8 Å². The Morgan fingerprint density at radius 3 is 2.61 bits per heavy atom. The molecule has 4 aromatic rings. The number of benzene rings is 2. The normalized spacial score (nSPS) is 11.3. The van der Waals surface area contributed by atoms with Crippen LogP contribution in [0.5, 0.6) is 5.75 Å². The number of para-hydroxylation sites is 2. The van der Waals surface area contributed by atoms with Gasteiger partial charge in [0.2, 0.25) is 0 Å². The van der Waals surface area contributed by atoms with Gasteiger partial charge in [-0.25, -0.2) is 8.42 Å². The fourth-order valence-electron chi connectivity index (χ4n) is 3.09. The molecule has 0 atom stereocenters. The zero-order valence-corrected chi connectivity index (χ0v) is 17.4. The SMILES string of the molecule is COc1ccccc1NS(=O)(=O)c1ccc(CNC(=O)c2cc3cnccc3[nH]2)cc1. The van der Waals surface area contributed by atoms with Crippen LogP contribution < -0.4 is 14.8 Å². The van der Waals surface area contributed by atoms with Crippen LogP contribution in [0, 0.1) is 0 Å². The summed E-state index contributed by atoms with van der Waals surface area (Å²) in [4.78, 5) is 19.6. The van der Waals surface area contributed by atoms with E-state index in [2.05, 4.69) is 20.0 Å². The highest BCUT2D eigenvalue weighted by Gasteiger charge is 2.16. The van der Waals surface area contributed by atoms with Gasteiger partial charge >= 0.3 is 0 Å². The average molecular weight is 436 g/mol. The van der Waals surface area contributed by atoms with E-state index < -0.39 is 10.0 Å². The molecule has 31 heavy (non-hydrogen) atoms. The monoisotopic (exact) mass is 436 g/mol.